The molecule has 0 spiro atoms. The summed E-state index contributed by atoms with van der Waals surface area (Å²) < 4.78 is 11.1. The van der Waals surface area contributed by atoms with E-state index in [2.05, 4.69) is 40.2 Å². The normalized spacial score (nSPS) is 16.8. The molecule has 10 nitrogen and oxygen atoms in total. The SMILES string of the molecule is CC(C)(C)NC(=O)[C@H](CCCCNC(=O)OCC1c2ccccc2-c2ccccc21)NC(=O)[C@@H]1CCCN1C(=O)OC(C)(C)C. The van der Waals surface area contributed by atoms with Crippen LogP contribution < -0.4 is 16.0 Å². The molecule has 4 rings (SSSR count). The van der Waals surface area contributed by atoms with E-state index in [1.54, 1.807) is 20.8 Å². The molecule has 10 heteroatoms. The van der Waals surface area contributed by atoms with E-state index in [9.17, 15) is 19.2 Å². The zero-order chi connectivity index (χ0) is 32.8. The van der Waals surface area contributed by atoms with E-state index in [-0.39, 0.29) is 24.3 Å². The number of ether oxygens (including phenoxy) is 2. The first-order valence-corrected chi connectivity index (χ1v) is 15.9. The quantitative estimate of drug-likeness (QED) is 0.302. The van der Waals surface area contributed by atoms with Crippen molar-refractivity contribution in [2.75, 3.05) is 19.7 Å². The van der Waals surface area contributed by atoms with Gasteiger partial charge in [0, 0.05) is 24.5 Å². The Balaban J connectivity index is 1.26. The number of carbonyl (C=O) groups excluding carboxylic acids is 4. The van der Waals surface area contributed by atoms with Crippen molar-refractivity contribution in [2.45, 2.75) is 103 Å². The topological polar surface area (TPSA) is 126 Å². The van der Waals surface area contributed by atoms with Gasteiger partial charge >= 0.3 is 12.2 Å². The van der Waals surface area contributed by atoms with Crippen molar-refractivity contribution < 1.29 is 28.7 Å². The summed E-state index contributed by atoms with van der Waals surface area (Å²) in [6.07, 6.45) is 1.70. The first-order valence-electron chi connectivity index (χ1n) is 15.9. The van der Waals surface area contributed by atoms with E-state index in [1.807, 2.05) is 45.0 Å². The highest BCUT2D eigenvalue weighted by Gasteiger charge is 2.38. The Labute approximate surface area is 266 Å². The minimum absolute atomic E-state index is 0.0139. The summed E-state index contributed by atoms with van der Waals surface area (Å²) in [5.74, 6) is -0.675. The summed E-state index contributed by atoms with van der Waals surface area (Å²) in [5, 5.41) is 8.64. The maximum atomic E-state index is 13.3. The monoisotopic (exact) mass is 620 g/mol. The minimum Gasteiger partial charge on any atom is -0.449 e. The Kier molecular flexibility index (Phi) is 10.8. The highest BCUT2D eigenvalue weighted by molar-refractivity contribution is 5.91. The molecule has 2 aliphatic rings. The van der Waals surface area contributed by atoms with Crippen LogP contribution in [0.5, 0.6) is 0 Å². The van der Waals surface area contributed by atoms with Crippen LogP contribution in [0.2, 0.25) is 0 Å². The minimum atomic E-state index is -0.785. The lowest BCUT2D eigenvalue weighted by atomic mass is 9.98. The van der Waals surface area contributed by atoms with Gasteiger partial charge in [0.15, 0.2) is 0 Å². The van der Waals surface area contributed by atoms with Gasteiger partial charge in [0.2, 0.25) is 11.8 Å². The predicted octanol–water partition coefficient (Wildman–Crippen LogP) is 5.49. The van der Waals surface area contributed by atoms with Gasteiger partial charge in [0.25, 0.3) is 0 Å². The molecule has 0 aromatic heterocycles. The van der Waals surface area contributed by atoms with E-state index in [1.165, 1.54) is 16.0 Å². The van der Waals surface area contributed by atoms with E-state index in [4.69, 9.17) is 9.47 Å². The zero-order valence-corrected chi connectivity index (χ0v) is 27.4. The number of fused-ring (bicyclic) bond motifs is 3. The standard InChI is InChI=1S/C35H48N4O6/c1-34(2,3)38-30(40)28(37-31(41)29-19-13-21-39(29)33(43)45-35(4,5)6)18-11-12-20-36-32(42)44-22-27-25-16-9-7-14-23(25)24-15-8-10-17-26(24)27/h7-10,14-17,27-29H,11-13,18-22H2,1-6H3,(H,36,42)(H,37,41)(H,38,40)/t28-,29-/m0/s1. The lowest BCUT2D eigenvalue weighted by Crippen LogP contribution is -2.56. The number of nitrogens with one attached hydrogen (secondary N) is 3. The van der Waals surface area contributed by atoms with Crippen LogP contribution in [0, 0.1) is 0 Å². The third-order valence-electron chi connectivity index (χ3n) is 7.85. The van der Waals surface area contributed by atoms with Crippen LogP contribution in [0.4, 0.5) is 9.59 Å². The summed E-state index contributed by atoms with van der Waals surface area (Å²) in [4.78, 5) is 53.2. The van der Waals surface area contributed by atoms with E-state index in [0.29, 0.717) is 45.2 Å². The molecule has 0 unspecified atom stereocenters. The number of unbranched alkanes of at least 4 members (excludes halogenated alkanes) is 1. The largest absolute Gasteiger partial charge is 0.449 e. The summed E-state index contributed by atoms with van der Waals surface area (Å²) in [6, 6.07) is 14.9. The maximum absolute atomic E-state index is 13.3. The second kappa shape index (κ2) is 14.3. The molecule has 244 valence electrons. The van der Waals surface area contributed by atoms with Crippen molar-refractivity contribution in [3.05, 3.63) is 59.7 Å². The molecule has 2 aromatic carbocycles. The van der Waals surface area contributed by atoms with E-state index in [0.717, 1.165) is 11.1 Å². The van der Waals surface area contributed by atoms with Crippen molar-refractivity contribution in [1.82, 2.24) is 20.9 Å². The third-order valence-corrected chi connectivity index (χ3v) is 7.85. The fourth-order valence-electron chi connectivity index (χ4n) is 5.89. The number of rotatable bonds is 10. The second-order valence-corrected chi connectivity index (χ2v) is 13.9. The molecule has 2 aromatic rings. The molecule has 2 atom stereocenters. The number of hydrogen-bond donors (Lipinski definition) is 3. The van der Waals surface area contributed by atoms with Gasteiger partial charge in [-0.05, 0) is 95.9 Å². The number of nitrogens with zero attached hydrogens (tertiary/aromatic N) is 1. The lowest BCUT2D eigenvalue weighted by molar-refractivity contribution is -0.132. The molecule has 0 radical (unpaired) electrons. The van der Waals surface area contributed by atoms with Crippen LogP contribution >= 0.6 is 0 Å². The van der Waals surface area contributed by atoms with Crippen LogP contribution in [-0.2, 0) is 19.1 Å². The Bertz CT molecular complexity index is 1330. The average Bonchev–Trinajstić information content (AvgIpc) is 3.57. The number of hydrogen-bond acceptors (Lipinski definition) is 6. The summed E-state index contributed by atoms with van der Waals surface area (Å²) in [7, 11) is 0. The number of amides is 4. The molecule has 1 fully saturated rings. The van der Waals surface area contributed by atoms with Crippen LogP contribution in [0.15, 0.2) is 48.5 Å². The number of likely N-dealkylation sites (tertiary alicyclic amines) is 1. The molecule has 45 heavy (non-hydrogen) atoms. The van der Waals surface area contributed by atoms with Crippen molar-refractivity contribution >= 4 is 24.0 Å². The molecule has 3 N–H and O–H groups in total. The maximum Gasteiger partial charge on any atom is 0.410 e. The van der Waals surface area contributed by atoms with Crippen molar-refractivity contribution in [3.8, 4) is 11.1 Å². The lowest BCUT2D eigenvalue weighted by Gasteiger charge is -2.30. The fourth-order valence-corrected chi connectivity index (χ4v) is 5.89. The zero-order valence-electron chi connectivity index (χ0n) is 27.4. The molecule has 1 saturated heterocycles. The van der Waals surface area contributed by atoms with Gasteiger partial charge in [-0.1, -0.05) is 48.5 Å². The summed E-state index contributed by atoms with van der Waals surface area (Å²) >= 11 is 0. The van der Waals surface area contributed by atoms with Gasteiger partial charge in [-0.15, -0.1) is 0 Å². The van der Waals surface area contributed by atoms with Crippen molar-refractivity contribution in [1.29, 1.82) is 0 Å². The highest BCUT2D eigenvalue weighted by Crippen LogP contribution is 2.44. The Hall–Kier alpha value is -4.08. The third kappa shape index (κ3) is 9.22. The molecule has 0 saturated carbocycles. The predicted molar refractivity (Wildman–Crippen MR) is 173 cm³/mol. The average molecular weight is 621 g/mol. The highest BCUT2D eigenvalue weighted by atomic mass is 16.6. The van der Waals surface area contributed by atoms with Gasteiger partial charge in [0.1, 0.15) is 24.3 Å². The fraction of sp³-hybridized carbons (Fsp3) is 0.543. The van der Waals surface area contributed by atoms with Crippen LogP contribution in [0.25, 0.3) is 11.1 Å². The van der Waals surface area contributed by atoms with Crippen molar-refractivity contribution in [2.24, 2.45) is 0 Å². The molecule has 1 heterocycles. The Morgan fingerprint density at radius 1 is 0.911 bits per heavy atom. The molecule has 0 bridgehead atoms. The summed E-state index contributed by atoms with van der Waals surface area (Å²) in [5.41, 5.74) is 3.49. The smallest absolute Gasteiger partial charge is 0.410 e. The first-order chi connectivity index (χ1) is 21.2. The number of alkyl carbamates (subject to hydrolysis) is 1. The van der Waals surface area contributed by atoms with Gasteiger partial charge in [-0.2, -0.15) is 0 Å². The number of carbonyl (C=O) groups is 4. The Morgan fingerprint density at radius 3 is 2.13 bits per heavy atom. The van der Waals surface area contributed by atoms with E-state index < -0.39 is 35.4 Å². The second-order valence-electron chi connectivity index (χ2n) is 13.9. The Morgan fingerprint density at radius 2 is 1.53 bits per heavy atom. The first kappa shape index (κ1) is 33.8. The van der Waals surface area contributed by atoms with Crippen LogP contribution in [0.3, 0.4) is 0 Å². The van der Waals surface area contributed by atoms with E-state index >= 15 is 0 Å². The molecular weight excluding hydrogens is 572 g/mol. The van der Waals surface area contributed by atoms with Crippen LogP contribution in [-0.4, -0.2) is 71.8 Å². The van der Waals surface area contributed by atoms with Gasteiger partial charge < -0.3 is 25.4 Å². The van der Waals surface area contributed by atoms with Crippen molar-refractivity contribution in [3.63, 3.8) is 0 Å². The number of benzene rings is 2. The van der Waals surface area contributed by atoms with Gasteiger partial charge in [-0.3, -0.25) is 14.5 Å². The summed E-state index contributed by atoms with van der Waals surface area (Å²) in [6.45, 7) is 12.0. The molecule has 1 aliphatic heterocycles. The molecule has 4 amide bonds. The van der Waals surface area contributed by atoms with Crippen LogP contribution in [0.1, 0.15) is 90.7 Å². The van der Waals surface area contributed by atoms with Gasteiger partial charge in [0.05, 0.1) is 0 Å². The van der Waals surface area contributed by atoms with Gasteiger partial charge in [-0.25, -0.2) is 9.59 Å². The molecule has 1 aliphatic carbocycles. The molecular formula is C35H48N4O6.